The van der Waals surface area contributed by atoms with Crippen LogP contribution in [0.5, 0.6) is 0 Å². The first-order valence-electron chi connectivity index (χ1n) is 30.6. The van der Waals surface area contributed by atoms with Crippen molar-refractivity contribution in [1.82, 2.24) is 0 Å². The molecule has 0 saturated carbocycles. The molecule has 0 radical (unpaired) electrons. The molecule has 0 aromatic rings. The molecule has 1 aliphatic heterocycles. The van der Waals surface area contributed by atoms with Gasteiger partial charge in [0.1, 0.15) is 18.8 Å². The maximum absolute atomic E-state index is 13.1. The lowest BCUT2D eigenvalue weighted by atomic mass is 9.98. The fourth-order valence-electron chi connectivity index (χ4n) is 8.79. The lowest BCUT2D eigenvalue weighted by molar-refractivity contribution is -0.301. The molecular formula is C65H108O12. The fourth-order valence-corrected chi connectivity index (χ4v) is 8.79. The molecule has 6 unspecified atom stereocenters. The molecule has 3 N–H and O–H groups in total. The normalized spacial score (nSPS) is 18.6. The molecule has 12 heteroatoms. The number of carbonyl (C=O) groups excluding carboxylic acids is 3. The molecule has 12 nitrogen and oxygen atoms in total. The Hall–Kier alpha value is -4.10. The third kappa shape index (κ3) is 42.5. The van der Waals surface area contributed by atoms with Crippen molar-refractivity contribution in [2.24, 2.45) is 0 Å². The number of carbonyl (C=O) groups is 4. The summed E-state index contributed by atoms with van der Waals surface area (Å²) in [5.74, 6) is -3.21. The Morgan fingerprint density at radius 2 is 0.857 bits per heavy atom. The van der Waals surface area contributed by atoms with Gasteiger partial charge in [-0.3, -0.25) is 14.4 Å². The smallest absolute Gasteiger partial charge is 0.335 e. The fraction of sp³-hybridized carbons (Fsp3) is 0.723. The van der Waals surface area contributed by atoms with E-state index in [2.05, 4.69) is 99.8 Å². The van der Waals surface area contributed by atoms with Crippen LogP contribution in [0.4, 0.5) is 0 Å². The molecule has 0 amide bonds. The lowest BCUT2D eigenvalue weighted by Gasteiger charge is -2.40. The number of ether oxygens (including phenoxy) is 5. The summed E-state index contributed by atoms with van der Waals surface area (Å²) < 4.78 is 28.4. The van der Waals surface area contributed by atoms with Gasteiger partial charge in [0.15, 0.2) is 24.6 Å². The molecule has 1 heterocycles. The summed E-state index contributed by atoms with van der Waals surface area (Å²) in [6, 6.07) is 0. The third-order valence-corrected chi connectivity index (χ3v) is 13.4. The van der Waals surface area contributed by atoms with E-state index >= 15 is 0 Å². The maximum atomic E-state index is 13.1. The van der Waals surface area contributed by atoms with Gasteiger partial charge in [0.25, 0.3) is 0 Å². The van der Waals surface area contributed by atoms with E-state index in [1.54, 1.807) is 0 Å². The molecule has 0 bridgehead atoms. The van der Waals surface area contributed by atoms with Crippen molar-refractivity contribution < 1.29 is 58.2 Å². The van der Waals surface area contributed by atoms with Crippen LogP contribution in [0.1, 0.15) is 252 Å². The predicted octanol–water partition coefficient (Wildman–Crippen LogP) is 15.9. The third-order valence-electron chi connectivity index (χ3n) is 13.4. The summed E-state index contributed by atoms with van der Waals surface area (Å²) in [4.78, 5) is 51.1. The minimum atomic E-state index is -1.91. The quantitative estimate of drug-likeness (QED) is 0.0228. The Kier molecular flexibility index (Phi) is 48.4. The van der Waals surface area contributed by atoms with E-state index < -0.39 is 67.3 Å². The van der Waals surface area contributed by atoms with E-state index in [0.717, 1.165) is 109 Å². The predicted molar refractivity (Wildman–Crippen MR) is 312 cm³/mol. The summed E-state index contributed by atoms with van der Waals surface area (Å²) in [5, 5.41) is 31.5. The van der Waals surface area contributed by atoms with Gasteiger partial charge >= 0.3 is 23.9 Å². The number of esters is 3. The van der Waals surface area contributed by atoms with Crippen LogP contribution < -0.4 is 0 Å². The molecule has 1 aliphatic rings. The minimum absolute atomic E-state index is 0.0539. The van der Waals surface area contributed by atoms with Crippen LogP contribution in [0.25, 0.3) is 0 Å². The summed E-state index contributed by atoms with van der Waals surface area (Å²) in [7, 11) is 0. The van der Waals surface area contributed by atoms with E-state index in [1.807, 2.05) is 6.08 Å². The Labute approximate surface area is 467 Å². The van der Waals surface area contributed by atoms with E-state index in [9.17, 15) is 34.5 Å². The van der Waals surface area contributed by atoms with Crippen molar-refractivity contribution in [2.75, 3.05) is 13.2 Å². The highest BCUT2D eigenvalue weighted by Crippen LogP contribution is 2.26. The molecule has 0 aliphatic carbocycles. The second-order valence-corrected chi connectivity index (χ2v) is 20.6. The molecule has 0 aromatic carbocycles. The van der Waals surface area contributed by atoms with Crippen LogP contribution in [0.2, 0.25) is 0 Å². The van der Waals surface area contributed by atoms with Crippen molar-refractivity contribution in [1.29, 1.82) is 0 Å². The number of carboxylic acid groups (broad SMARTS) is 1. The van der Waals surface area contributed by atoms with Gasteiger partial charge in [-0.15, -0.1) is 0 Å². The number of allylic oxidation sites excluding steroid dienone is 14. The van der Waals surface area contributed by atoms with Gasteiger partial charge in [0.05, 0.1) is 6.61 Å². The van der Waals surface area contributed by atoms with E-state index in [4.69, 9.17) is 23.7 Å². The largest absolute Gasteiger partial charge is 0.479 e. The molecule has 1 rings (SSSR count). The summed E-state index contributed by atoms with van der Waals surface area (Å²) in [5.41, 5.74) is 0. The minimum Gasteiger partial charge on any atom is -0.479 e. The number of aliphatic carboxylic acids is 1. The van der Waals surface area contributed by atoms with Gasteiger partial charge < -0.3 is 39.0 Å². The second-order valence-electron chi connectivity index (χ2n) is 20.6. The Morgan fingerprint density at radius 1 is 0.442 bits per heavy atom. The summed E-state index contributed by atoms with van der Waals surface area (Å²) >= 11 is 0. The highest BCUT2D eigenvalue weighted by molar-refractivity contribution is 5.74. The topological polar surface area (TPSA) is 175 Å². The van der Waals surface area contributed by atoms with Crippen LogP contribution >= 0.6 is 0 Å². The van der Waals surface area contributed by atoms with Crippen LogP contribution in [-0.2, 0) is 42.9 Å². The average Bonchev–Trinajstić information content (AvgIpc) is 3.42. The van der Waals surface area contributed by atoms with E-state index in [1.165, 1.54) is 77.0 Å². The van der Waals surface area contributed by atoms with Crippen molar-refractivity contribution >= 4 is 23.9 Å². The molecule has 440 valence electrons. The molecule has 1 saturated heterocycles. The van der Waals surface area contributed by atoms with Crippen LogP contribution in [0.15, 0.2) is 85.1 Å². The first-order chi connectivity index (χ1) is 37.6. The number of carboxylic acids is 1. The number of hydrogen-bond donors (Lipinski definition) is 3. The van der Waals surface area contributed by atoms with Crippen molar-refractivity contribution in [2.45, 2.75) is 289 Å². The standard InChI is InChI=1S/C65H108O12/c1-4-7-10-13-16-19-22-25-27-29-31-34-36-39-42-45-48-51-57(66)73-54-56(75-58(67)52-49-46-43-40-37-33-24-21-18-15-12-9-6-3)55-74-65-63(61(70)60(69)62(77-65)64(71)72)76-59(68)53-50-47-44-41-38-35-32-30-28-26-23-20-17-14-11-8-5-2/h7,10,12,15-16,19,21,24-25,27,31,34,39,42,56,60-63,65,69-70H,4-6,8-9,11,13-14,17-18,20,22-23,26,28-30,32-33,35-38,40-41,43-55H2,1-3H3,(H,71,72)/b10-7-,15-12-,19-16-,24-21-,27-25-,34-31-,42-39-. The average molecular weight is 1080 g/mol. The Balaban J connectivity index is 2.71. The summed E-state index contributed by atoms with van der Waals surface area (Å²) in [6.07, 6.45) is 55.6. The molecular weight excluding hydrogens is 973 g/mol. The second kappa shape index (κ2) is 52.6. The SMILES string of the molecule is CC/C=C\C/C=C\C/C=C\C/C=C\C/C=C\CCCC(=O)OCC(COC1OC(C(=O)O)C(O)C(O)C1OC(=O)CCCCCCCCCCCCCCCCCCC)OC(=O)CCCCCCC/C=C\C/C=C\CCC. The van der Waals surface area contributed by atoms with Gasteiger partial charge in [-0.1, -0.05) is 234 Å². The first kappa shape index (κ1) is 70.9. The van der Waals surface area contributed by atoms with Gasteiger partial charge in [-0.25, -0.2) is 4.79 Å². The zero-order chi connectivity index (χ0) is 56.1. The number of hydrogen-bond acceptors (Lipinski definition) is 11. The first-order valence-corrected chi connectivity index (χ1v) is 30.6. The zero-order valence-corrected chi connectivity index (χ0v) is 48.4. The van der Waals surface area contributed by atoms with Crippen molar-refractivity contribution in [3.63, 3.8) is 0 Å². The highest BCUT2D eigenvalue weighted by atomic mass is 16.7. The van der Waals surface area contributed by atoms with Crippen LogP contribution in [0.3, 0.4) is 0 Å². The van der Waals surface area contributed by atoms with Gasteiger partial charge in [-0.05, 0) is 83.5 Å². The zero-order valence-electron chi connectivity index (χ0n) is 48.4. The van der Waals surface area contributed by atoms with Gasteiger partial charge in [-0.2, -0.15) is 0 Å². The Morgan fingerprint density at radius 3 is 1.34 bits per heavy atom. The van der Waals surface area contributed by atoms with Crippen LogP contribution in [0, 0.1) is 0 Å². The molecule has 1 fully saturated rings. The van der Waals surface area contributed by atoms with Gasteiger partial charge in [0.2, 0.25) is 0 Å². The lowest BCUT2D eigenvalue weighted by Crippen LogP contribution is -2.61. The highest BCUT2D eigenvalue weighted by Gasteiger charge is 2.50. The summed E-state index contributed by atoms with van der Waals surface area (Å²) in [6.45, 7) is 5.77. The van der Waals surface area contributed by atoms with E-state index in [0.29, 0.717) is 25.7 Å². The van der Waals surface area contributed by atoms with Crippen molar-refractivity contribution in [3.8, 4) is 0 Å². The monoisotopic (exact) mass is 1080 g/mol. The van der Waals surface area contributed by atoms with Crippen LogP contribution in [-0.4, -0.2) is 89.2 Å². The Bertz CT molecular complexity index is 1660. The number of aliphatic hydroxyl groups is 2. The molecule has 6 atom stereocenters. The molecule has 0 aromatic heterocycles. The number of aliphatic hydroxyl groups excluding tert-OH is 2. The number of unbranched alkanes of at least 4 members (excludes halogenated alkanes) is 23. The van der Waals surface area contributed by atoms with Crippen molar-refractivity contribution in [3.05, 3.63) is 85.1 Å². The molecule has 0 spiro atoms. The maximum Gasteiger partial charge on any atom is 0.335 e. The molecule has 77 heavy (non-hydrogen) atoms. The number of rotatable bonds is 51. The van der Waals surface area contributed by atoms with Gasteiger partial charge in [0, 0.05) is 19.3 Å². The van der Waals surface area contributed by atoms with E-state index in [-0.39, 0.29) is 25.9 Å².